The average Bonchev–Trinajstić information content (AvgIpc) is 2.93. The Kier molecular flexibility index (Phi) is 4.48. The van der Waals surface area contributed by atoms with Crippen molar-refractivity contribution in [2.45, 2.75) is 45.3 Å². The molecule has 0 radical (unpaired) electrons. The monoisotopic (exact) mass is 300 g/mol. The lowest BCUT2D eigenvalue weighted by Crippen LogP contribution is -2.27. The molecule has 1 aliphatic heterocycles. The van der Waals surface area contributed by atoms with Crippen LogP contribution in [0.1, 0.15) is 42.8 Å². The standard InChI is InChI=1S/C16H20N4O2/c1-12-4-3-7-20-14(10-18-16(12)20)8-15(21)19-22-11-13-5-2-6-17-9-13/h2,5-6,9-10,12H,3-4,7-8,11H2,1H3,(H,19,21). The number of amides is 1. The Hall–Kier alpha value is -2.21. The highest BCUT2D eigenvalue weighted by Gasteiger charge is 2.21. The molecular formula is C16H20N4O2. The van der Waals surface area contributed by atoms with Gasteiger partial charge in [-0.2, -0.15) is 0 Å². The fourth-order valence-electron chi connectivity index (χ4n) is 2.79. The average molecular weight is 300 g/mol. The van der Waals surface area contributed by atoms with Crippen LogP contribution in [0.5, 0.6) is 0 Å². The van der Waals surface area contributed by atoms with Crippen LogP contribution in [0.3, 0.4) is 0 Å². The Balaban J connectivity index is 1.52. The minimum atomic E-state index is -0.162. The van der Waals surface area contributed by atoms with Crippen molar-refractivity contribution in [2.24, 2.45) is 0 Å². The fourth-order valence-corrected chi connectivity index (χ4v) is 2.79. The highest BCUT2D eigenvalue weighted by Crippen LogP contribution is 2.26. The summed E-state index contributed by atoms with van der Waals surface area (Å²) in [6, 6.07) is 3.73. The second-order valence-corrected chi connectivity index (χ2v) is 5.65. The number of nitrogens with zero attached hydrogens (tertiary/aromatic N) is 3. The molecule has 0 aromatic carbocycles. The van der Waals surface area contributed by atoms with Gasteiger partial charge in [-0.1, -0.05) is 13.0 Å². The maximum absolute atomic E-state index is 12.0. The van der Waals surface area contributed by atoms with E-state index in [1.165, 1.54) is 0 Å². The highest BCUT2D eigenvalue weighted by molar-refractivity contribution is 5.77. The number of hydroxylamine groups is 1. The number of hydrogen-bond donors (Lipinski definition) is 1. The molecule has 0 saturated carbocycles. The molecule has 1 amide bonds. The predicted octanol–water partition coefficient (Wildman–Crippen LogP) is 1.97. The largest absolute Gasteiger partial charge is 0.331 e. The third-order valence-corrected chi connectivity index (χ3v) is 3.92. The Morgan fingerprint density at radius 3 is 3.23 bits per heavy atom. The maximum atomic E-state index is 12.0. The Labute approximate surface area is 129 Å². The molecule has 1 aliphatic rings. The number of pyridine rings is 1. The first-order valence-corrected chi connectivity index (χ1v) is 7.58. The van der Waals surface area contributed by atoms with E-state index in [9.17, 15) is 4.79 Å². The topological polar surface area (TPSA) is 69.0 Å². The summed E-state index contributed by atoms with van der Waals surface area (Å²) in [4.78, 5) is 25.6. The molecule has 6 heteroatoms. The molecular weight excluding hydrogens is 280 g/mol. The summed E-state index contributed by atoms with van der Waals surface area (Å²) in [6.07, 6.45) is 7.80. The quantitative estimate of drug-likeness (QED) is 0.857. The van der Waals surface area contributed by atoms with Crippen molar-refractivity contribution in [3.8, 4) is 0 Å². The molecule has 22 heavy (non-hydrogen) atoms. The van der Waals surface area contributed by atoms with Gasteiger partial charge in [0.2, 0.25) is 5.91 Å². The first-order chi connectivity index (χ1) is 10.7. The van der Waals surface area contributed by atoms with E-state index in [2.05, 4.69) is 26.9 Å². The number of nitrogens with one attached hydrogen (secondary N) is 1. The van der Waals surface area contributed by atoms with Crippen LogP contribution in [-0.4, -0.2) is 20.4 Å². The molecule has 0 fully saturated rings. The number of fused-ring (bicyclic) bond motifs is 1. The van der Waals surface area contributed by atoms with E-state index >= 15 is 0 Å². The molecule has 1 unspecified atom stereocenters. The zero-order chi connectivity index (χ0) is 15.4. The molecule has 3 heterocycles. The van der Waals surface area contributed by atoms with E-state index in [1.807, 2.05) is 12.1 Å². The first-order valence-electron chi connectivity index (χ1n) is 7.58. The number of carbonyl (C=O) groups is 1. The molecule has 3 rings (SSSR count). The van der Waals surface area contributed by atoms with Gasteiger partial charge in [-0.25, -0.2) is 10.5 Å². The molecule has 6 nitrogen and oxygen atoms in total. The van der Waals surface area contributed by atoms with Gasteiger partial charge in [0.25, 0.3) is 0 Å². The van der Waals surface area contributed by atoms with Crippen LogP contribution in [0.4, 0.5) is 0 Å². The van der Waals surface area contributed by atoms with Crippen molar-refractivity contribution in [2.75, 3.05) is 0 Å². The summed E-state index contributed by atoms with van der Waals surface area (Å²) >= 11 is 0. The van der Waals surface area contributed by atoms with E-state index in [4.69, 9.17) is 4.84 Å². The van der Waals surface area contributed by atoms with Gasteiger partial charge in [0.1, 0.15) is 12.4 Å². The number of imidazole rings is 1. The van der Waals surface area contributed by atoms with Crippen LogP contribution >= 0.6 is 0 Å². The Bertz CT molecular complexity index is 639. The van der Waals surface area contributed by atoms with Gasteiger partial charge in [0.15, 0.2) is 0 Å². The third-order valence-electron chi connectivity index (χ3n) is 3.92. The summed E-state index contributed by atoms with van der Waals surface area (Å²) in [6.45, 7) is 3.43. The van der Waals surface area contributed by atoms with E-state index in [1.54, 1.807) is 18.6 Å². The minimum Gasteiger partial charge on any atom is -0.331 e. The van der Waals surface area contributed by atoms with Gasteiger partial charge >= 0.3 is 0 Å². The van der Waals surface area contributed by atoms with Gasteiger partial charge in [-0.3, -0.25) is 14.6 Å². The van der Waals surface area contributed by atoms with Gasteiger partial charge in [0.05, 0.1) is 6.42 Å². The SMILES string of the molecule is CC1CCCn2c(CC(=O)NOCc3cccnc3)cnc21. The summed E-state index contributed by atoms with van der Waals surface area (Å²) in [5.41, 5.74) is 4.34. The molecule has 2 aromatic heterocycles. The van der Waals surface area contributed by atoms with Crippen LogP contribution in [0.2, 0.25) is 0 Å². The molecule has 1 N–H and O–H groups in total. The Morgan fingerprint density at radius 2 is 2.41 bits per heavy atom. The van der Waals surface area contributed by atoms with Gasteiger partial charge < -0.3 is 4.57 Å². The molecule has 0 bridgehead atoms. The molecule has 2 aromatic rings. The summed E-state index contributed by atoms with van der Waals surface area (Å²) in [5, 5.41) is 0. The molecule has 116 valence electrons. The highest BCUT2D eigenvalue weighted by atomic mass is 16.6. The van der Waals surface area contributed by atoms with Crippen molar-refractivity contribution in [1.82, 2.24) is 20.0 Å². The zero-order valence-electron chi connectivity index (χ0n) is 12.7. The van der Waals surface area contributed by atoms with E-state index in [-0.39, 0.29) is 12.3 Å². The molecule has 0 saturated heterocycles. The second-order valence-electron chi connectivity index (χ2n) is 5.65. The van der Waals surface area contributed by atoms with Crippen molar-refractivity contribution >= 4 is 5.91 Å². The molecule has 0 spiro atoms. The smallest absolute Gasteiger partial charge is 0.249 e. The van der Waals surface area contributed by atoms with Crippen LogP contribution in [0, 0.1) is 0 Å². The van der Waals surface area contributed by atoms with Crippen LogP contribution in [0.15, 0.2) is 30.7 Å². The number of aromatic nitrogens is 3. The van der Waals surface area contributed by atoms with Gasteiger partial charge in [-0.05, 0) is 24.5 Å². The maximum Gasteiger partial charge on any atom is 0.249 e. The summed E-state index contributed by atoms with van der Waals surface area (Å²) < 4.78 is 2.16. The van der Waals surface area contributed by atoms with Crippen molar-refractivity contribution in [3.05, 3.63) is 47.8 Å². The lowest BCUT2D eigenvalue weighted by atomic mass is 10.0. The lowest BCUT2D eigenvalue weighted by Gasteiger charge is -2.21. The number of hydrogen-bond acceptors (Lipinski definition) is 4. The van der Waals surface area contributed by atoms with Crippen molar-refractivity contribution in [3.63, 3.8) is 0 Å². The van der Waals surface area contributed by atoms with Crippen LogP contribution < -0.4 is 5.48 Å². The number of rotatable bonds is 5. The third kappa shape index (κ3) is 3.33. The summed E-state index contributed by atoms with van der Waals surface area (Å²) in [5.74, 6) is 1.39. The Morgan fingerprint density at radius 1 is 1.50 bits per heavy atom. The summed E-state index contributed by atoms with van der Waals surface area (Å²) in [7, 11) is 0. The van der Waals surface area contributed by atoms with Crippen molar-refractivity contribution < 1.29 is 9.63 Å². The molecule has 0 aliphatic carbocycles. The van der Waals surface area contributed by atoms with E-state index in [0.29, 0.717) is 12.5 Å². The van der Waals surface area contributed by atoms with Crippen LogP contribution in [-0.2, 0) is 29.2 Å². The first kappa shape index (κ1) is 14.7. The van der Waals surface area contributed by atoms with E-state index < -0.39 is 0 Å². The fraction of sp³-hybridized carbons (Fsp3) is 0.438. The van der Waals surface area contributed by atoms with Gasteiger partial charge in [0, 0.05) is 36.7 Å². The number of carbonyl (C=O) groups excluding carboxylic acids is 1. The predicted molar refractivity (Wildman–Crippen MR) is 80.7 cm³/mol. The van der Waals surface area contributed by atoms with Crippen LogP contribution in [0.25, 0.3) is 0 Å². The lowest BCUT2D eigenvalue weighted by molar-refractivity contribution is -0.133. The second kappa shape index (κ2) is 6.70. The zero-order valence-corrected chi connectivity index (χ0v) is 12.7. The van der Waals surface area contributed by atoms with Gasteiger partial charge in [-0.15, -0.1) is 0 Å². The van der Waals surface area contributed by atoms with Crippen molar-refractivity contribution in [1.29, 1.82) is 0 Å². The normalized spacial score (nSPS) is 17.0. The molecule has 1 atom stereocenters. The minimum absolute atomic E-state index is 0.162. The van der Waals surface area contributed by atoms with E-state index in [0.717, 1.165) is 36.5 Å².